The van der Waals surface area contributed by atoms with Gasteiger partial charge in [-0.05, 0) is 71.8 Å². The van der Waals surface area contributed by atoms with Gasteiger partial charge in [-0.15, -0.1) is 11.3 Å². The maximum absolute atomic E-state index is 12.8. The van der Waals surface area contributed by atoms with Crippen LogP contribution in [0.1, 0.15) is 97.8 Å². The molecule has 0 radical (unpaired) electrons. The highest BCUT2D eigenvalue weighted by atomic mass is 32.1. The lowest BCUT2D eigenvalue weighted by molar-refractivity contribution is -0.139. The van der Waals surface area contributed by atoms with E-state index in [1.54, 1.807) is 6.07 Å². The number of nitrogens with one attached hydrogen (secondary N) is 1. The largest absolute Gasteiger partial charge is 0.480 e. The third-order valence-corrected chi connectivity index (χ3v) is 10.2. The van der Waals surface area contributed by atoms with Gasteiger partial charge in [-0.2, -0.15) is 0 Å². The molecule has 0 spiro atoms. The van der Waals surface area contributed by atoms with Crippen LogP contribution in [-0.4, -0.2) is 33.0 Å². The van der Waals surface area contributed by atoms with Crippen LogP contribution < -0.4 is 5.32 Å². The lowest BCUT2D eigenvalue weighted by Gasteiger charge is -2.28. The number of amides is 1. The minimum absolute atomic E-state index is 0.0700. The molecule has 2 N–H and O–H groups in total. The predicted molar refractivity (Wildman–Crippen MR) is 178 cm³/mol. The zero-order chi connectivity index (χ0) is 31.3. The van der Waals surface area contributed by atoms with E-state index in [0.29, 0.717) is 16.6 Å². The van der Waals surface area contributed by atoms with E-state index in [2.05, 4.69) is 67.2 Å². The van der Waals surface area contributed by atoms with Crippen molar-refractivity contribution in [3.63, 3.8) is 0 Å². The van der Waals surface area contributed by atoms with Gasteiger partial charge in [0, 0.05) is 34.8 Å². The van der Waals surface area contributed by atoms with Crippen LogP contribution in [0.3, 0.4) is 0 Å². The highest BCUT2D eigenvalue weighted by Crippen LogP contribution is 2.38. The number of carboxylic acid groups (broad SMARTS) is 1. The number of nitrogens with zero attached hydrogens (tertiary/aromatic N) is 2. The summed E-state index contributed by atoms with van der Waals surface area (Å²) in [5.74, 6) is 0.754. The van der Waals surface area contributed by atoms with E-state index in [9.17, 15) is 14.7 Å². The smallest absolute Gasteiger partial charge is 0.326 e. The molecular formula is C37H43N3O3S. The van der Waals surface area contributed by atoms with Crippen molar-refractivity contribution in [3.05, 3.63) is 93.9 Å². The Morgan fingerprint density at radius 2 is 1.52 bits per heavy atom. The second-order valence-electron chi connectivity index (χ2n) is 13.1. The quantitative estimate of drug-likeness (QED) is 0.188. The Labute approximate surface area is 265 Å². The number of thiophene rings is 1. The number of carboxylic acids is 1. The Bertz CT molecular complexity index is 1550. The van der Waals surface area contributed by atoms with E-state index < -0.39 is 12.0 Å². The first-order valence-electron chi connectivity index (χ1n) is 15.8. The van der Waals surface area contributed by atoms with E-state index in [1.807, 2.05) is 42.7 Å². The third-order valence-electron chi connectivity index (χ3n) is 8.74. The average molecular weight is 610 g/mol. The molecule has 0 saturated heterocycles. The zero-order valence-electron chi connectivity index (χ0n) is 26.2. The van der Waals surface area contributed by atoms with Crippen LogP contribution in [0, 0.1) is 5.92 Å². The Kier molecular flexibility index (Phi) is 9.94. The minimum Gasteiger partial charge on any atom is -0.480 e. The van der Waals surface area contributed by atoms with E-state index in [-0.39, 0.29) is 17.7 Å². The number of hydrogen-bond donors (Lipinski definition) is 2. The fraction of sp³-hybridized carbons (Fsp3) is 0.405. The monoisotopic (exact) mass is 609 g/mol. The fourth-order valence-corrected chi connectivity index (χ4v) is 7.05. The van der Waals surface area contributed by atoms with Crippen molar-refractivity contribution in [2.24, 2.45) is 5.92 Å². The first-order chi connectivity index (χ1) is 21.1. The summed E-state index contributed by atoms with van der Waals surface area (Å²) in [6.07, 6.45) is 11.8. The Morgan fingerprint density at radius 3 is 2.09 bits per heavy atom. The first-order valence-corrected chi connectivity index (χ1v) is 16.6. The van der Waals surface area contributed by atoms with Gasteiger partial charge in [-0.25, -0.2) is 14.8 Å². The molecule has 1 atom stereocenters. The second-order valence-corrected chi connectivity index (χ2v) is 14.2. The molecule has 7 heteroatoms. The Balaban J connectivity index is 1.18. The zero-order valence-corrected chi connectivity index (χ0v) is 27.0. The van der Waals surface area contributed by atoms with Crippen molar-refractivity contribution < 1.29 is 14.7 Å². The number of aliphatic carboxylic acids is 1. The van der Waals surface area contributed by atoms with Crippen molar-refractivity contribution in [2.45, 2.75) is 90.0 Å². The summed E-state index contributed by atoms with van der Waals surface area (Å²) in [4.78, 5) is 35.6. The number of rotatable bonds is 10. The number of aromatic nitrogens is 2. The predicted octanol–water partition coefficient (Wildman–Crippen LogP) is 8.67. The SMILES string of the molecule is CCC[C@H]1CC[C@H](c2ccc(-c3cnc(-c4ccc(C[C@H](NC(=O)c5ccc(C(C)(C)C)s5)C(=O)O)cc4)nc3)cc2)CC1. The molecule has 44 heavy (non-hydrogen) atoms. The molecule has 6 nitrogen and oxygen atoms in total. The number of hydrogen-bond acceptors (Lipinski definition) is 5. The molecule has 2 aromatic carbocycles. The van der Waals surface area contributed by atoms with Crippen LogP contribution in [0.4, 0.5) is 0 Å². The van der Waals surface area contributed by atoms with Gasteiger partial charge in [0.05, 0.1) is 4.88 Å². The van der Waals surface area contributed by atoms with Crippen LogP contribution in [0.2, 0.25) is 0 Å². The van der Waals surface area contributed by atoms with Crippen molar-refractivity contribution in [3.8, 4) is 22.5 Å². The molecule has 5 rings (SSSR count). The summed E-state index contributed by atoms with van der Waals surface area (Å²) in [5.41, 5.74) is 5.10. The summed E-state index contributed by atoms with van der Waals surface area (Å²) in [5, 5.41) is 12.5. The van der Waals surface area contributed by atoms with Gasteiger partial charge in [0.2, 0.25) is 0 Å². The van der Waals surface area contributed by atoms with Gasteiger partial charge in [-0.3, -0.25) is 4.79 Å². The third kappa shape index (κ3) is 7.81. The van der Waals surface area contributed by atoms with Crippen molar-refractivity contribution in [1.82, 2.24) is 15.3 Å². The van der Waals surface area contributed by atoms with Gasteiger partial charge < -0.3 is 10.4 Å². The summed E-state index contributed by atoms with van der Waals surface area (Å²) in [6, 6.07) is 19.1. The van der Waals surface area contributed by atoms with E-state index in [4.69, 9.17) is 0 Å². The molecular weight excluding hydrogens is 566 g/mol. The first kappa shape index (κ1) is 31.6. The van der Waals surface area contributed by atoms with Crippen molar-refractivity contribution in [2.75, 3.05) is 0 Å². The standard InChI is InChI=1S/C37H43N3O3S/c1-5-6-24-7-11-26(12-8-24)27-15-17-28(18-16-27)30-22-38-34(39-23-30)29-13-9-25(10-14-29)21-31(36(42)43)40-35(41)32-19-20-33(44-32)37(2,3)4/h9-10,13-20,22-24,26,31H,5-8,11-12,21H2,1-4H3,(H,40,41)(H,42,43)/t24-,26-,31-/m0/s1. The highest BCUT2D eigenvalue weighted by Gasteiger charge is 2.24. The molecule has 1 fully saturated rings. The normalized spacial score (nSPS) is 17.6. The van der Waals surface area contributed by atoms with Gasteiger partial charge in [-0.1, -0.05) is 89.1 Å². The van der Waals surface area contributed by atoms with Crippen LogP contribution in [0.5, 0.6) is 0 Å². The van der Waals surface area contributed by atoms with Crippen LogP contribution >= 0.6 is 11.3 Å². The lowest BCUT2D eigenvalue weighted by atomic mass is 9.77. The molecule has 0 bridgehead atoms. The molecule has 0 unspecified atom stereocenters. The maximum atomic E-state index is 12.8. The molecule has 1 aliphatic carbocycles. The molecule has 230 valence electrons. The van der Waals surface area contributed by atoms with Crippen molar-refractivity contribution in [1.29, 1.82) is 0 Å². The molecule has 4 aromatic rings. The van der Waals surface area contributed by atoms with Crippen molar-refractivity contribution >= 4 is 23.2 Å². The topological polar surface area (TPSA) is 92.2 Å². The molecule has 2 aromatic heterocycles. The minimum atomic E-state index is -1.07. The second kappa shape index (κ2) is 13.9. The summed E-state index contributed by atoms with van der Waals surface area (Å²) < 4.78 is 0. The highest BCUT2D eigenvalue weighted by molar-refractivity contribution is 7.14. The Morgan fingerprint density at radius 1 is 0.886 bits per heavy atom. The van der Waals surface area contributed by atoms with Gasteiger partial charge in [0.15, 0.2) is 5.82 Å². The van der Waals surface area contributed by atoms with Gasteiger partial charge in [0.25, 0.3) is 5.91 Å². The average Bonchev–Trinajstić information content (AvgIpc) is 3.54. The molecule has 1 amide bonds. The number of benzene rings is 2. The molecule has 1 aliphatic rings. The molecule has 1 saturated carbocycles. The summed E-state index contributed by atoms with van der Waals surface area (Å²) in [7, 11) is 0. The van der Waals surface area contributed by atoms with Crippen LogP contribution in [0.25, 0.3) is 22.5 Å². The van der Waals surface area contributed by atoms with Crippen LogP contribution in [0.15, 0.2) is 73.1 Å². The van der Waals surface area contributed by atoms with E-state index in [1.165, 1.54) is 55.4 Å². The number of carbonyl (C=O) groups excluding carboxylic acids is 1. The van der Waals surface area contributed by atoms with E-state index in [0.717, 1.165) is 33.0 Å². The Hall–Kier alpha value is -3.84. The number of carbonyl (C=O) groups is 2. The van der Waals surface area contributed by atoms with Gasteiger partial charge >= 0.3 is 5.97 Å². The molecule has 0 aliphatic heterocycles. The fourth-order valence-electron chi connectivity index (χ4n) is 6.08. The van der Waals surface area contributed by atoms with E-state index >= 15 is 0 Å². The lowest BCUT2D eigenvalue weighted by Crippen LogP contribution is -2.42. The maximum Gasteiger partial charge on any atom is 0.326 e. The van der Waals surface area contributed by atoms with Gasteiger partial charge in [0.1, 0.15) is 6.04 Å². The van der Waals surface area contributed by atoms with Crippen LogP contribution in [-0.2, 0) is 16.6 Å². The summed E-state index contributed by atoms with van der Waals surface area (Å²) >= 11 is 1.40. The summed E-state index contributed by atoms with van der Waals surface area (Å²) in [6.45, 7) is 8.54. The molecule has 2 heterocycles.